The number of nitrogens with zero attached hydrogens (tertiary/aromatic N) is 4. The predicted molar refractivity (Wildman–Crippen MR) is 280 cm³/mol. The number of aromatic nitrogens is 4. The molecule has 0 bridgehead atoms. The molecule has 4 nitrogen and oxygen atoms in total. The maximum absolute atomic E-state index is 5.24. The molecule has 0 unspecified atom stereocenters. The van der Waals surface area contributed by atoms with Crippen molar-refractivity contribution in [3.63, 3.8) is 0 Å². The van der Waals surface area contributed by atoms with Crippen LogP contribution in [0.15, 0.2) is 232 Å². The van der Waals surface area contributed by atoms with Gasteiger partial charge in [0.1, 0.15) is 0 Å². The van der Waals surface area contributed by atoms with E-state index in [9.17, 15) is 0 Å². The van der Waals surface area contributed by atoms with E-state index in [1.165, 1.54) is 36.0 Å². The summed E-state index contributed by atoms with van der Waals surface area (Å²) in [5.41, 5.74) is 16.7. The quantitative estimate of drug-likeness (QED) is 0.115. The van der Waals surface area contributed by atoms with Crippen LogP contribution in [0.2, 0.25) is 0 Å². The average molecular weight is 865 g/mol. The van der Waals surface area contributed by atoms with E-state index in [4.69, 9.17) is 19.9 Å². The van der Waals surface area contributed by atoms with Crippen LogP contribution in [-0.2, 0) is 5.41 Å². The summed E-state index contributed by atoms with van der Waals surface area (Å²) in [6.07, 6.45) is 22.8. The summed E-state index contributed by atoms with van der Waals surface area (Å²) in [5.74, 6) is 1.45. The van der Waals surface area contributed by atoms with E-state index in [0.717, 1.165) is 98.0 Å². The minimum Gasteiger partial charge on any atom is -0.228 e. The Balaban J connectivity index is 0.995. The molecule has 67 heavy (non-hydrogen) atoms. The molecule has 324 valence electrons. The van der Waals surface area contributed by atoms with Crippen molar-refractivity contribution in [3.05, 3.63) is 254 Å². The monoisotopic (exact) mass is 864 g/mol. The van der Waals surface area contributed by atoms with E-state index in [1.54, 1.807) is 6.08 Å². The molecule has 2 heterocycles. The highest BCUT2D eigenvalue weighted by atomic mass is 14.9. The number of benzene rings is 6. The molecule has 0 radical (unpaired) electrons. The number of hydrogen-bond acceptors (Lipinski definition) is 4. The van der Waals surface area contributed by atoms with E-state index in [1.807, 2.05) is 30.4 Å². The summed E-state index contributed by atoms with van der Waals surface area (Å²) < 4.78 is 0. The van der Waals surface area contributed by atoms with E-state index >= 15 is 0 Å². The zero-order valence-corrected chi connectivity index (χ0v) is 37.7. The Labute approximate surface area is 394 Å². The van der Waals surface area contributed by atoms with Gasteiger partial charge in [-0.15, -0.1) is 0 Å². The first-order valence-corrected chi connectivity index (χ1v) is 23.4. The van der Waals surface area contributed by atoms with Crippen LogP contribution in [0.4, 0.5) is 0 Å². The molecular weight excluding hydrogens is 813 g/mol. The van der Waals surface area contributed by atoms with E-state index in [0.29, 0.717) is 5.82 Å². The zero-order chi connectivity index (χ0) is 45.4. The standard InChI is InChI=1S/C63H52N4/c1-3-4-20-45(2)51-27-18-29-53(41-51)59-43-57(64-62(66-59)50-25-14-8-15-26-50)47-31-35-55(36-32-47)63(39-16-9-17-40-63)56-37-33-48(34-38-56)58-44-60(67-61(65-58)49-23-10-5-6-11-24-49)54-30-19-28-52(42-54)46-21-12-7-13-22-46/h3-8,10-15,18-23,25-38,41-44H,1-2,9,16-17,24,39-40H2/b20-4-. The van der Waals surface area contributed by atoms with Crippen LogP contribution in [0, 0.1) is 0 Å². The first kappa shape index (κ1) is 42.8. The Hall–Kier alpha value is -8.08. The van der Waals surface area contributed by atoms with Crippen molar-refractivity contribution >= 4 is 11.1 Å². The normalized spacial score (nSPS) is 14.4. The van der Waals surface area contributed by atoms with Crippen molar-refractivity contribution in [2.45, 2.75) is 43.9 Å². The zero-order valence-electron chi connectivity index (χ0n) is 37.7. The van der Waals surface area contributed by atoms with Crippen LogP contribution in [0.3, 0.4) is 0 Å². The topological polar surface area (TPSA) is 51.6 Å². The van der Waals surface area contributed by atoms with Crippen molar-refractivity contribution in [3.8, 4) is 67.5 Å². The van der Waals surface area contributed by atoms with Crippen LogP contribution >= 0.6 is 0 Å². The largest absolute Gasteiger partial charge is 0.228 e. The molecule has 8 aromatic rings. The number of hydrogen-bond donors (Lipinski definition) is 0. The lowest BCUT2D eigenvalue weighted by atomic mass is 9.65. The Morgan fingerprint density at radius 1 is 0.463 bits per heavy atom. The smallest absolute Gasteiger partial charge is 0.160 e. The van der Waals surface area contributed by atoms with Gasteiger partial charge >= 0.3 is 0 Å². The van der Waals surface area contributed by atoms with Crippen LogP contribution in [0.1, 0.15) is 61.0 Å². The second-order valence-electron chi connectivity index (χ2n) is 17.4. The third-order valence-corrected chi connectivity index (χ3v) is 13.2. The predicted octanol–water partition coefficient (Wildman–Crippen LogP) is 16.2. The molecule has 0 spiro atoms. The fourth-order valence-electron chi connectivity index (χ4n) is 9.56. The summed E-state index contributed by atoms with van der Waals surface area (Å²) in [5, 5.41) is 0. The molecular formula is C63H52N4. The van der Waals surface area contributed by atoms with Gasteiger partial charge in [0, 0.05) is 38.8 Å². The van der Waals surface area contributed by atoms with Crippen molar-refractivity contribution < 1.29 is 0 Å². The summed E-state index contributed by atoms with van der Waals surface area (Å²) in [6, 6.07) is 60.5. The Bertz CT molecular complexity index is 3180. The Morgan fingerprint density at radius 3 is 1.63 bits per heavy atom. The minimum absolute atomic E-state index is 0.103. The third-order valence-electron chi connectivity index (χ3n) is 13.2. The van der Waals surface area contributed by atoms with Crippen LogP contribution < -0.4 is 0 Å². The molecule has 2 aliphatic carbocycles. The van der Waals surface area contributed by atoms with Crippen molar-refractivity contribution in [2.24, 2.45) is 0 Å². The van der Waals surface area contributed by atoms with Gasteiger partial charge in [0.15, 0.2) is 11.6 Å². The van der Waals surface area contributed by atoms with Gasteiger partial charge in [0.05, 0.1) is 22.8 Å². The van der Waals surface area contributed by atoms with Gasteiger partial charge in [-0.2, -0.15) is 0 Å². The lowest BCUT2D eigenvalue weighted by Gasteiger charge is -2.39. The SMILES string of the molecule is C=C/C=C\C(=C)c1cccc(-c2cc(-c3ccc(C4(c5ccc(-c6cc(-c7cccc(-c8ccccc8)c7)nc(C7=CC=CC=CC7)n6)cc5)CCCCC4)cc3)nc(-c3ccccc3)n2)c1. The molecule has 0 atom stereocenters. The van der Waals surface area contributed by atoms with Gasteiger partial charge < -0.3 is 0 Å². The fourth-order valence-corrected chi connectivity index (χ4v) is 9.56. The number of rotatable bonds is 12. The summed E-state index contributed by atoms with van der Waals surface area (Å²) in [7, 11) is 0. The average Bonchev–Trinajstić information content (AvgIpc) is 3.71. The maximum atomic E-state index is 5.24. The lowest BCUT2D eigenvalue weighted by molar-refractivity contribution is 0.346. The van der Waals surface area contributed by atoms with Gasteiger partial charge in [0.25, 0.3) is 0 Å². The second kappa shape index (κ2) is 19.6. The molecule has 1 fully saturated rings. The Morgan fingerprint density at radius 2 is 1.00 bits per heavy atom. The van der Waals surface area contributed by atoms with Gasteiger partial charge in [-0.1, -0.05) is 227 Å². The Kier molecular flexibility index (Phi) is 12.5. The highest BCUT2D eigenvalue weighted by Crippen LogP contribution is 2.46. The van der Waals surface area contributed by atoms with Gasteiger partial charge in [-0.05, 0) is 76.9 Å². The molecule has 6 aromatic carbocycles. The molecule has 10 rings (SSSR count). The van der Waals surface area contributed by atoms with Crippen LogP contribution in [0.5, 0.6) is 0 Å². The highest BCUT2D eigenvalue weighted by Gasteiger charge is 2.36. The molecule has 4 heteroatoms. The summed E-state index contributed by atoms with van der Waals surface area (Å²) in [6.45, 7) is 8.10. The van der Waals surface area contributed by atoms with Crippen LogP contribution in [0.25, 0.3) is 78.7 Å². The highest BCUT2D eigenvalue weighted by molar-refractivity contribution is 5.79. The molecule has 0 aliphatic heterocycles. The maximum Gasteiger partial charge on any atom is 0.160 e. The van der Waals surface area contributed by atoms with E-state index in [-0.39, 0.29) is 5.41 Å². The molecule has 0 amide bonds. The molecule has 2 aromatic heterocycles. The molecule has 2 aliphatic rings. The lowest BCUT2D eigenvalue weighted by Crippen LogP contribution is -2.30. The van der Waals surface area contributed by atoms with E-state index in [2.05, 4.69) is 195 Å². The van der Waals surface area contributed by atoms with E-state index < -0.39 is 0 Å². The summed E-state index contributed by atoms with van der Waals surface area (Å²) >= 11 is 0. The minimum atomic E-state index is -0.103. The van der Waals surface area contributed by atoms with Crippen molar-refractivity contribution in [1.29, 1.82) is 0 Å². The second-order valence-corrected chi connectivity index (χ2v) is 17.4. The third kappa shape index (κ3) is 9.38. The molecule has 0 N–H and O–H groups in total. The number of allylic oxidation sites excluding steroid dienone is 10. The van der Waals surface area contributed by atoms with Gasteiger partial charge in [-0.3, -0.25) is 0 Å². The van der Waals surface area contributed by atoms with Crippen molar-refractivity contribution in [1.82, 2.24) is 19.9 Å². The first-order valence-electron chi connectivity index (χ1n) is 23.4. The molecule has 1 saturated carbocycles. The van der Waals surface area contributed by atoms with Crippen molar-refractivity contribution in [2.75, 3.05) is 0 Å². The van der Waals surface area contributed by atoms with Gasteiger partial charge in [-0.25, -0.2) is 19.9 Å². The summed E-state index contributed by atoms with van der Waals surface area (Å²) in [4.78, 5) is 20.7. The fraction of sp³-hybridized carbons (Fsp3) is 0.111. The van der Waals surface area contributed by atoms with Gasteiger partial charge in [0.2, 0.25) is 0 Å². The van der Waals surface area contributed by atoms with Crippen LogP contribution in [-0.4, -0.2) is 19.9 Å². The molecule has 0 saturated heterocycles. The first-order chi connectivity index (χ1) is 33.0.